The number of nitrogens with zero attached hydrogens (tertiary/aromatic N) is 2. The molecule has 0 atom stereocenters. The van der Waals surface area contributed by atoms with Crippen molar-refractivity contribution in [3.05, 3.63) is 81.5 Å². The average Bonchev–Trinajstić information content (AvgIpc) is 3.21. The van der Waals surface area contributed by atoms with Crippen molar-refractivity contribution in [1.82, 2.24) is 9.78 Å². The normalized spacial score (nSPS) is 10.9. The monoisotopic (exact) mass is 389 g/mol. The number of benzene rings is 2. The summed E-state index contributed by atoms with van der Waals surface area (Å²) >= 11 is 1.55. The molecule has 5 nitrogen and oxygen atoms in total. The van der Waals surface area contributed by atoms with Gasteiger partial charge in [0.05, 0.1) is 10.3 Å². The van der Waals surface area contributed by atoms with Gasteiger partial charge < -0.3 is 5.32 Å². The molecule has 1 amide bonds. The highest BCUT2D eigenvalue weighted by Crippen LogP contribution is 2.28. The van der Waals surface area contributed by atoms with Gasteiger partial charge in [-0.1, -0.05) is 42.0 Å². The Kier molecular flexibility index (Phi) is 4.79. The molecule has 2 aromatic heterocycles. The first-order chi connectivity index (χ1) is 13.5. The Hall–Kier alpha value is -3.25. The SMILES string of the molecule is Cc1ccc(NC(=O)Cn2nc(-c3cccs3)c3ccccc3c2=O)c(C)c1. The summed E-state index contributed by atoms with van der Waals surface area (Å²) in [5.41, 5.74) is 3.29. The van der Waals surface area contributed by atoms with Crippen LogP contribution < -0.4 is 10.9 Å². The van der Waals surface area contributed by atoms with E-state index in [1.807, 2.05) is 67.8 Å². The van der Waals surface area contributed by atoms with E-state index in [1.165, 1.54) is 4.68 Å². The van der Waals surface area contributed by atoms with E-state index in [1.54, 1.807) is 17.4 Å². The number of hydrogen-bond acceptors (Lipinski definition) is 4. The van der Waals surface area contributed by atoms with Crippen molar-refractivity contribution >= 4 is 33.7 Å². The van der Waals surface area contributed by atoms with Gasteiger partial charge in [0.15, 0.2) is 0 Å². The van der Waals surface area contributed by atoms with Gasteiger partial charge >= 0.3 is 0 Å². The van der Waals surface area contributed by atoms with Gasteiger partial charge in [0.1, 0.15) is 12.2 Å². The van der Waals surface area contributed by atoms with E-state index < -0.39 is 0 Å². The first-order valence-electron chi connectivity index (χ1n) is 8.94. The Morgan fingerprint density at radius 2 is 1.86 bits per heavy atom. The first-order valence-corrected chi connectivity index (χ1v) is 9.82. The number of fused-ring (bicyclic) bond motifs is 1. The molecule has 0 unspecified atom stereocenters. The second-order valence-corrected chi connectivity index (χ2v) is 7.65. The molecule has 140 valence electrons. The molecule has 0 saturated carbocycles. The summed E-state index contributed by atoms with van der Waals surface area (Å²) in [5.74, 6) is -0.283. The highest BCUT2D eigenvalue weighted by atomic mass is 32.1. The van der Waals surface area contributed by atoms with Crippen molar-refractivity contribution in [3.63, 3.8) is 0 Å². The molecule has 0 spiro atoms. The van der Waals surface area contributed by atoms with Crippen LogP contribution in [0.25, 0.3) is 21.3 Å². The highest BCUT2D eigenvalue weighted by Gasteiger charge is 2.15. The maximum atomic E-state index is 12.9. The molecule has 6 heteroatoms. The number of carbonyl (C=O) groups is 1. The summed E-state index contributed by atoms with van der Waals surface area (Å²) in [5, 5.41) is 10.7. The van der Waals surface area contributed by atoms with Gasteiger partial charge in [-0.25, -0.2) is 4.68 Å². The number of aryl methyl sites for hydroxylation is 2. The minimum Gasteiger partial charge on any atom is -0.324 e. The van der Waals surface area contributed by atoms with E-state index in [2.05, 4.69) is 10.4 Å². The predicted molar refractivity (Wildman–Crippen MR) is 114 cm³/mol. The van der Waals surface area contributed by atoms with Crippen molar-refractivity contribution in [2.24, 2.45) is 0 Å². The molecule has 2 aromatic carbocycles. The van der Waals surface area contributed by atoms with Crippen LogP contribution in [0.2, 0.25) is 0 Å². The molecule has 0 fully saturated rings. The number of carbonyl (C=O) groups excluding carboxylic acids is 1. The smallest absolute Gasteiger partial charge is 0.275 e. The predicted octanol–water partition coefficient (Wildman–Crippen LogP) is 4.38. The zero-order valence-electron chi connectivity index (χ0n) is 15.6. The van der Waals surface area contributed by atoms with Crippen LogP contribution in [-0.2, 0) is 11.3 Å². The summed E-state index contributed by atoms with van der Waals surface area (Å²) in [6.07, 6.45) is 0. The molecular formula is C22H19N3O2S. The minimum absolute atomic E-state index is 0.143. The number of aromatic nitrogens is 2. The summed E-state index contributed by atoms with van der Waals surface area (Å²) < 4.78 is 1.25. The van der Waals surface area contributed by atoms with Crippen LogP contribution in [0.15, 0.2) is 64.8 Å². The van der Waals surface area contributed by atoms with Crippen LogP contribution in [-0.4, -0.2) is 15.7 Å². The zero-order valence-corrected chi connectivity index (χ0v) is 16.4. The maximum Gasteiger partial charge on any atom is 0.275 e. The maximum absolute atomic E-state index is 12.9. The van der Waals surface area contributed by atoms with Crippen LogP contribution in [0.4, 0.5) is 5.69 Å². The Morgan fingerprint density at radius 1 is 1.07 bits per heavy atom. The number of thiophene rings is 1. The van der Waals surface area contributed by atoms with Crippen molar-refractivity contribution in [2.45, 2.75) is 20.4 Å². The van der Waals surface area contributed by atoms with Gasteiger partial charge in [-0.05, 0) is 43.0 Å². The molecule has 1 N–H and O–H groups in total. The molecule has 0 aliphatic carbocycles. The summed E-state index contributed by atoms with van der Waals surface area (Å²) in [6.45, 7) is 3.80. The van der Waals surface area contributed by atoms with Crippen LogP contribution in [0.5, 0.6) is 0 Å². The molecule has 0 aliphatic rings. The van der Waals surface area contributed by atoms with Gasteiger partial charge in [0, 0.05) is 11.1 Å². The van der Waals surface area contributed by atoms with Crippen molar-refractivity contribution in [1.29, 1.82) is 0 Å². The zero-order chi connectivity index (χ0) is 19.7. The standard InChI is InChI=1S/C22H19N3O2S/c1-14-9-10-18(15(2)12-14)23-20(26)13-25-22(27)17-7-4-3-6-16(17)21(24-25)19-8-5-11-28-19/h3-12H,13H2,1-2H3,(H,23,26). The van der Waals surface area contributed by atoms with Crippen LogP contribution in [0.1, 0.15) is 11.1 Å². The number of nitrogens with one attached hydrogen (secondary N) is 1. The van der Waals surface area contributed by atoms with Crippen molar-refractivity contribution < 1.29 is 4.79 Å². The first kappa shape index (κ1) is 18.1. The van der Waals surface area contributed by atoms with Gasteiger partial charge in [0.25, 0.3) is 5.56 Å². The fourth-order valence-electron chi connectivity index (χ4n) is 3.22. The molecule has 4 rings (SSSR count). The van der Waals surface area contributed by atoms with Crippen molar-refractivity contribution in [2.75, 3.05) is 5.32 Å². The fraction of sp³-hybridized carbons (Fsp3) is 0.136. The third kappa shape index (κ3) is 3.46. The number of hydrogen-bond donors (Lipinski definition) is 1. The highest BCUT2D eigenvalue weighted by molar-refractivity contribution is 7.13. The third-order valence-electron chi connectivity index (χ3n) is 4.57. The van der Waals surface area contributed by atoms with E-state index in [-0.39, 0.29) is 18.0 Å². The number of amides is 1. The lowest BCUT2D eigenvalue weighted by Gasteiger charge is -2.12. The van der Waals surface area contributed by atoms with E-state index in [0.29, 0.717) is 11.1 Å². The minimum atomic E-state index is -0.283. The second kappa shape index (κ2) is 7.40. The Labute approximate surface area is 166 Å². The van der Waals surface area contributed by atoms with Gasteiger partial charge in [-0.3, -0.25) is 9.59 Å². The third-order valence-corrected chi connectivity index (χ3v) is 5.45. The van der Waals surface area contributed by atoms with E-state index in [4.69, 9.17) is 0 Å². The molecule has 0 saturated heterocycles. The lowest BCUT2D eigenvalue weighted by molar-refractivity contribution is -0.117. The lowest BCUT2D eigenvalue weighted by Crippen LogP contribution is -2.30. The number of rotatable bonds is 4. The molecule has 4 aromatic rings. The Bertz CT molecular complexity index is 1230. The fourth-order valence-corrected chi connectivity index (χ4v) is 3.94. The van der Waals surface area contributed by atoms with Gasteiger partial charge in [0.2, 0.25) is 5.91 Å². The quantitative estimate of drug-likeness (QED) is 0.563. The van der Waals surface area contributed by atoms with Gasteiger partial charge in [-0.15, -0.1) is 11.3 Å². The van der Waals surface area contributed by atoms with Gasteiger partial charge in [-0.2, -0.15) is 5.10 Å². The largest absolute Gasteiger partial charge is 0.324 e. The molecule has 28 heavy (non-hydrogen) atoms. The summed E-state index contributed by atoms with van der Waals surface area (Å²) in [4.78, 5) is 26.4. The second-order valence-electron chi connectivity index (χ2n) is 6.70. The molecule has 0 radical (unpaired) electrons. The topological polar surface area (TPSA) is 64.0 Å². The molecular weight excluding hydrogens is 370 g/mol. The summed E-state index contributed by atoms with van der Waals surface area (Å²) in [7, 11) is 0. The molecule has 0 bridgehead atoms. The number of anilines is 1. The molecule has 2 heterocycles. The van der Waals surface area contributed by atoms with Crippen LogP contribution >= 0.6 is 11.3 Å². The van der Waals surface area contributed by atoms with E-state index >= 15 is 0 Å². The van der Waals surface area contributed by atoms with Crippen molar-refractivity contribution in [3.8, 4) is 10.6 Å². The summed E-state index contributed by atoms with van der Waals surface area (Å²) in [6, 6.07) is 17.1. The van der Waals surface area contributed by atoms with E-state index in [0.717, 1.165) is 27.1 Å². The average molecular weight is 389 g/mol. The van der Waals surface area contributed by atoms with Crippen LogP contribution in [0, 0.1) is 13.8 Å². The Morgan fingerprint density at radius 3 is 2.57 bits per heavy atom. The van der Waals surface area contributed by atoms with Crippen LogP contribution in [0.3, 0.4) is 0 Å². The molecule has 0 aliphatic heterocycles. The van der Waals surface area contributed by atoms with E-state index in [9.17, 15) is 9.59 Å². The Balaban J connectivity index is 1.71. The lowest BCUT2D eigenvalue weighted by atomic mass is 10.1.